The fourth-order valence-corrected chi connectivity index (χ4v) is 18.1. The third-order valence-corrected chi connectivity index (χ3v) is 23.4. The smallest absolute Gasteiger partial charge is 0.346 e. The quantitative estimate of drug-likeness (QED) is 0.0136. The highest BCUT2D eigenvalue weighted by Gasteiger charge is 2.50. The van der Waals surface area contributed by atoms with Crippen molar-refractivity contribution in [2.24, 2.45) is 11.8 Å². The lowest BCUT2D eigenvalue weighted by Crippen LogP contribution is -2.30. The van der Waals surface area contributed by atoms with Crippen LogP contribution in [0.2, 0.25) is 0 Å². The number of nitriles is 1. The van der Waals surface area contributed by atoms with Gasteiger partial charge in [0.2, 0.25) is 0 Å². The number of aryl methyl sites for hydroxylation is 2. The Hall–Kier alpha value is -6.94. The van der Waals surface area contributed by atoms with Gasteiger partial charge in [-0.3, -0.25) is 0 Å². The van der Waals surface area contributed by atoms with Gasteiger partial charge < -0.3 is 14.4 Å². The minimum Gasteiger partial charge on any atom is -0.493 e. The fourth-order valence-electron chi connectivity index (χ4n) is 17.1. The molecule has 0 saturated heterocycles. The molecule has 0 bridgehead atoms. The van der Waals surface area contributed by atoms with Crippen LogP contribution in [0.1, 0.15) is 285 Å². The number of rotatable bonds is 44. The van der Waals surface area contributed by atoms with Crippen molar-refractivity contribution in [1.82, 2.24) is 4.57 Å². The molecule has 97 heavy (non-hydrogen) atoms. The van der Waals surface area contributed by atoms with Gasteiger partial charge in [-0.25, -0.2) is 4.79 Å². The molecule has 0 amide bonds. The van der Waals surface area contributed by atoms with E-state index in [0.29, 0.717) is 11.8 Å². The number of fused-ring (bicyclic) bond motifs is 6. The monoisotopic (exact) mass is 1310 g/mol. The lowest BCUT2D eigenvalue weighted by molar-refractivity contribution is -0.132. The van der Waals surface area contributed by atoms with Crippen molar-refractivity contribution >= 4 is 77.5 Å². The van der Waals surface area contributed by atoms with Gasteiger partial charge in [0, 0.05) is 49.0 Å². The van der Waals surface area contributed by atoms with E-state index in [9.17, 15) is 15.2 Å². The van der Waals surface area contributed by atoms with Crippen LogP contribution in [-0.4, -0.2) is 22.2 Å². The molecule has 2 aromatic heterocycles. The Kier molecular flexibility index (Phi) is 25.9. The lowest BCUT2D eigenvalue weighted by atomic mass is 9.66. The molecule has 1 aliphatic carbocycles. The Balaban J connectivity index is 1.21. The summed E-state index contributed by atoms with van der Waals surface area (Å²) in [5.41, 5.74) is 13.6. The molecule has 0 saturated carbocycles. The van der Waals surface area contributed by atoms with Crippen LogP contribution in [0.4, 0.5) is 0 Å². The van der Waals surface area contributed by atoms with Gasteiger partial charge in [0.1, 0.15) is 17.4 Å². The molecular weight excluding hydrogens is 1200 g/mol. The molecule has 11 rings (SSSR count). The molecule has 1 aliphatic rings. The SMILES string of the molecule is CCCCCCCCC(CCCCCC)COc1ccc2c(c1)C(c1ccc(CCCCCC)cc1)(c1ccc(CCCCCC)cc1)c1c-2c2cccc3c4cccc5c(-c6ccc(C=C(C#N)C(=O)O)s6)cc6c(c54)c(c23)c1n6CC(CCCCCC)CCCCCCCC. The first-order valence-corrected chi connectivity index (χ1v) is 40.0. The van der Waals surface area contributed by atoms with Gasteiger partial charge in [0.05, 0.1) is 23.1 Å². The Morgan fingerprint density at radius 3 is 1.54 bits per heavy atom. The number of thiophene rings is 1. The van der Waals surface area contributed by atoms with Gasteiger partial charge >= 0.3 is 5.97 Å². The zero-order chi connectivity index (χ0) is 67.5. The summed E-state index contributed by atoms with van der Waals surface area (Å²) in [6.07, 6.45) is 44.0. The number of ether oxygens (including phenoxy) is 1. The zero-order valence-corrected chi connectivity index (χ0v) is 61.1. The van der Waals surface area contributed by atoms with E-state index >= 15 is 0 Å². The minimum atomic E-state index is -1.21. The van der Waals surface area contributed by atoms with Crippen LogP contribution in [0.5, 0.6) is 5.75 Å². The average Bonchev–Trinajstić information content (AvgIpc) is 1.50. The van der Waals surface area contributed by atoms with Crippen LogP contribution in [0.3, 0.4) is 0 Å². The second-order valence-electron chi connectivity index (χ2n) is 29.4. The number of hydrogen-bond acceptors (Lipinski definition) is 4. The van der Waals surface area contributed by atoms with Gasteiger partial charge in [0.25, 0.3) is 0 Å². The van der Waals surface area contributed by atoms with E-state index in [-0.39, 0.29) is 5.57 Å². The Morgan fingerprint density at radius 2 is 1.00 bits per heavy atom. The average molecular weight is 1320 g/mol. The fraction of sp³-hybridized carbons (Fsp3) is 0.495. The summed E-state index contributed by atoms with van der Waals surface area (Å²) in [7, 11) is 0. The maximum atomic E-state index is 12.3. The number of benzene rings is 8. The molecule has 2 atom stereocenters. The molecular formula is C91H114N2O3S. The molecule has 0 fully saturated rings. The number of carboxylic acids is 1. The number of hydrogen-bond donors (Lipinski definition) is 1. The van der Waals surface area contributed by atoms with Gasteiger partial charge in [-0.2, -0.15) is 5.26 Å². The van der Waals surface area contributed by atoms with Gasteiger partial charge in [-0.05, 0) is 160 Å². The molecule has 5 nitrogen and oxygen atoms in total. The van der Waals surface area contributed by atoms with Crippen LogP contribution in [0.25, 0.3) is 81.8 Å². The summed E-state index contributed by atoms with van der Waals surface area (Å²) in [4.78, 5) is 14.1. The van der Waals surface area contributed by atoms with Crippen molar-refractivity contribution in [3.63, 3.8) is 0 Å². The predicted molar refractivity (Wildman–Crippen MR) is 418 cm³/mol. The first kappa shape index (κ1) is 71.3. The van der Waals surface area contributed by atoms with E-state index in [1.54, 1.807) is 17.4 Å². The Morgan fingerprint density at radius 1 is 0.515 bits per heavy atom. The van der Waals surface area contributed by atoms with E-state index in [0.717, 1.165) is 47.1 Å². The number of nitrogens with zero attached hydrogens (tertiary/aromatic N) is 2. The van der Waals surface area contributed by atoms with E-state index in [1.165, 1.54) is 304 Å². The second-order valence-corrected chi connectivity index (χ2v) is 30.5. The lowest BCUT2D eigenvalue weighted by Gasteiger charge is -2.35. The topological polar surface area (TPSA) is 75.2 Å². The summed E-state index contributed by atoms with van der Waals surface area (Å²) in [6, 6.07) is 50.3. The van der Waals surface area contributed by atoms with Crippen molar-refractivity contribution < 1.29 is 14.6 Å². The standard InChI is InChI=1S/C91H114N2O3S/c1-7-13-19-25-27-33-40-67(39-31-23-17-11-5)63-93-81-61-79(82-58-56-73(97-82)59-69(62-92)90(94)95)76-45-35-43-74-75-44-36-46-78-84(75)87(86(81)83(74)76)89(93)88-85(78)77-57-55-72(96-64-68(41-32-24-18-12-6)42-34-28-26-20-14-8-2)60-80(77)91(88,70-51-47-65(48-52-70)37-29-21-15-9-3)71-53-49-66(50-54-71)38-30-22-16-10-4/h35-36,43-61,67-68H,7-34,37-42,63-64H2,1-6H3,(H,94,95). The number of carboxylic acid groups (broad SMARTS) is 1. The molecule has 512 valence electrons. The zero-order valence-electron chi connectivity index (χ0n) is 60.3. The molecule has 8 aromatic carbocycles. The van der Waals surface area contributed by atoms with E-state index in [2.05, 4.69) is 161 Å². The summed E-state index contributed by atoms with van der Waals surface area (Å²) in [5.74, 6) is 0.742. The maximum absolute atomic E-state index is 12.3. The van der Waals surface area contributed by atoms with Crippen LogP contribution in [-0.2, 0) is 29.6 Å². The molecule has 10 aromatic rings. The van der Waals surface area contributed by atoms with Crippen LogP contribution in [0.15, 0.2) is 127 Å². The number of aromatic nitrogens is 1. The molecule has 1 N–H and O–H groups in total. The van der Waals surface area contributed by atoms with Gasteiger partial charge in [0.15, 0.2) is 0 Å². The summed E-state index contributed by atoms with van der Waals surface area (Å²) in [6.45, 7) is 15.6. The summed E-state index contributed by atoms with van der Waals surface area (Å²) < 4.78 is 10.3. The van der Waals surface area contributed by atoms with E-state index in [1.807, 2.05) is 12.1 Å². The second kappa shape index (κ2) is 35.2. The van der Waals surface area contributed by atoms with Crippen molar-refractivity contribution in [2.75, 3.05) is 6.61 Å². The van der Waals surface area contributed by atoms with Crippen molar-refractivity contribution in [3.05, 3.63) is 165 Å². The van der Waals surface area contributed by atoms with Gasteiger partial charge in [-0.15, -0.1) is 11.3 Å². The molecule has 2 unspecified atom stereocenters. The molecule has 0 spiro atoms. The van der Waals surface area contributed by atoms with E-state index in [4.69, 9.17) is 4.74 Å². The largest absolute Gasteiger partial charge is 0.493 e. The van der Waals surface area contributed by atoms with Crippen LogP contribution in [0, 0.1) is 23.2 Å². The predicted octanol–water partition coefficient (Wildman–Crippen LogP) is 27.5. The highest BCUT2D eigenvalue weighted by Crippen LogP contribution is 2.64. The third-order valence-electron chi connectivity index (χ3n) is 22.3. The first-order chi connectivity index (χ1) is 47.7. The van der Waals surface area contributed by atoms with Crippen LogP contribution >= 0.6 is 11.3 Å². The Labute approximate surface area is 587 Å². The molecule has 6 heteroatoms. The van der Waals surface area contributed by atoms with Crippen molar-refractivity contribution in [1.29, 1.82) is 5.26 Å². The highest BCUT2D eigenvalue weighted by atomic mass is 32.1. The summed E-state index contributed by atoms with van der Waals surface area (Å²) >= 11 is 1.58. The molecule has 0 radical (unpaired) electrons. The molecule has 2 heterocycles. The van der Waals surface area contributed by atoms with Crippen molar-refractivity contribution in [3.8, 4) is 33.4 Å². The number of carbonyl (C=O) groups is 1. The molecule has 0 aliphatic heterocycles. The van der Waals surface area contributed by atoms with E-state index < -0.39 is 11.4 Å². The number of aliphatic carboxylic acids is 1. The van der Waals surface area contributed by atoms with Gasteiger partial charge in [-0.1, -0.05) is 299 Å². The highest BCUT2D eigenvalue weighted by molar-refractivity contribution is 7.16. The van der Waals surface area contributed by atoms with Crippen LogP contribution < -0.4 is 4.74 Å². The number of unbranched alkanes of at least 4 members (excludes halogenated alkanes) is 22. The minimum absolute atomic E-state index is 0.257. The normalized spacial score (nSPS) is 13.6. The Bertz CT molecular complexity index is 4130. The first-order valence-electron chi connectivity index (χ1n) is 39.1. The van der Waals surface area contributed by atoms with Crippen molar-refractivity contribution in [2.45, 2.75) is 272 Å². The maximum Gasteiger partial charge on any atom is 0.346 e. The summed E-state index contributed by atoms with van der Waals surface area (Å²) in [5, 5.41) is 30.5. The third kappa shape index (κ3) is 15.9.